The molecule has 1 aromatic rings. The van der Waals surface area contributed by atoms with Crippen LogP contribution in [-0.4, -0.2) is 69.5 Å². The van der Waals surface area contributed by atoms with Gasteiger partial charge >= 0.3 is 0 Å². The van der Waals surface area contributed by atoms with E-state index in [1.165, 1.54) is 47.7 Å². The van der Waals surface area contributed by atoms with Crippen LogP contribution in [0.1, 0.15) is 38.5 Å². The van der Waals surface area contributed by atoms with Crippen LogP contribution in [0.2, 0.25) is 0 Å². The van der Waals surface area contributed by atoms with E-state index in [4.69, 9.17) is 0 Å². The van der Waals surface area contributed by atoms with Gasteiger partial charge in [-0.3, -0.25) is 9.59 Å². The molecule has 2 saturated heterocycles. The lowest BCUT2D eigenvalue weighted by Gasteiger charge is -2.26. The fourth-order valence-corrected chi connectivity index (χ4v) is 5.86. The number of amides is 2. The van der Waals surface area contributed by atoms with Crippen LogP contribution >= 0.6 is 34.9 Å². The Bertz CT molecular complexity index is 535. The molecule has 2 fully saturated rings. The minimum Gasteiger partial charge on any atom is -0.342 e. The van der Waals surface area contributed by atoms with Gasteiger partial charge in [0.15, 0.2) is 8.68 Å². The number of rotatable bonds is 6. The highest BCUT2D eigenvalue weighted by Crippen LogP contribution is 2.29. The van der Waals surface area contributed by atoms with Crippen LogP contribution < -0.4 is 0 Å². The minimum absolute atomic E-state index is 0.189. The molecule has 6 nitrogen and oxygen atoms in total. The fourth-order valence-electron chi connectivity index (χ4n) is 3.03. The van der Waals surface area contributed by atoms with Gasteiger partial charge in [0.05, 0.1) is 11.5 Å². The van der Waals surface area contributed by atoms with Crippen molar-refractivity contribution < 1.29 is 9.59 Å². The van der Waals surface area contributed by atoms with Gasteiger partial charge in [0.1, 0.15) is 0 Å². The van der Waals surface area contributed by atoms with E-state index in [9.17, 15) is 9.59 Å². The molecule has 0 atom stereocenters. The highest BCUT2D eigenvalue weighted by atomic mass is 32.2. The summed E-state index contributed by atoms with van der Waals surface area (Å²) in [5.74, 6) is 1.22. The Hall–Kier alpha value is -0.800. The average Bonchev–Trinajstić information content (AvgIpc) is 3.13. The first-order valence-corrected chi connectivity index (χ1v) is 11.7. The average molecular weight is 401 g/mol. The second kappa shape index (κ2) is 9.78. The molecular weight excluding hydrogens is 376 g/mol. The molecule has 1 aromatic heterocycles. The van der Waals surface area contributed by atoms with Gasteiger partial charge in [0.2, 0.25) is 11.8 Å². The first-order valence-electron chi connectivity index (χ1n) is 8.87. The van der Waals surface area contributed by atoms with Crippen molar-refractivity contribution in [2.45, 2.75) is 47.2 Å². The maximum atomic E-state index is 12.2. The zero-order valence-electron chi connectivity index (χ0n) is 14.3. The highest BCUT2D eigenvalue weighted by molar-refractivity contribution is 8.03. The number of likely N-dealkylation sites (tertiary alicyclic amines) is 2. The molecule has 0 bridgehead atoms. The van der Waals surface area contributed by atoms with Crippen molar-refractivity contribution in [3.05, 3.63) is 0 Å². The Morgan fingerprint density at radius 3 is 1.56 bits per heavy atom. The predicted octanol–water partition coefficient (Wildman–Crippen LogP) is 2.75. The normalized spacial score (nSPS) is 18.4. The van der Waals surface area contributed by atoms with Crippen molar-refractivity contribution in [3.8, 4) is 0 Å². The maximum absolute atomic E-state index is 12.2. The third-order valence-corrected chi connectivity index (χ3v) is 7.60. The van der Waals surface area contributed by atoms with Crippen molar-refractivity contribution in [2.24, 2.45) is 0 Å². The number of hydrogen-bond donors (Lipinski definition) is 0. The summed E-state index contributed by atoms with van der Waals surface area (Å²) in [6.45, 7) is 3.54. The summed E-state index contributed by atoms with van der Waals surface area (Å²) in [6, 6.07) is 0. The molecule has 0 aliphatic carbocycles. The summed E-state index contributed by atoms with van der Waals surface area (Å²) in [6.07, 6.45) is 6.90. The van der Waals surface area contributed by atoms with E-state index < -0.39 is 0 Å². The summed E-state index contributed by atoms with van der Waals surface area (Å²) in [5.41, 5.74) is 0. The predicted molar refractivity (Wildman–Crippen MR) is 102 cm³/mol. The number of nitrogens with zero attached hydrogens (tertiary/aromatic N) is 4. The molecule has 9 heteroatoms. The first kappa shape index (κ1) is 19.0. The molecule has 25 heavy (non-hydrogen) atoms. The smallest absolute Gasteiger partial charge is 0.233 e. The molecule has 0 spiro atoms. The lowest BCUT2D eigenvalue weighted by Crippen LogP contribution is -2.36. The van der Waals surface area contributed by atoms with E-state index in [1.807, 2.05) is 9.80 Å². The zero-order chi connectivity index (χ0) is 17.5. The molecule has 3 rings (SSSR count). The van der Waals surface area contributed by atoms with Gasteiger partial charge in [-0.1, -0.05) is 34.9 Å². The minimum atomic E-state index is 0.189. The molecule has 0 aromatic carbocycles. The number of carbonyl (C=O) groups is 2. The third kappa shape index (κ3) is 5.86. The van der Waals surface area contributed by atoms with E-state index in [2.05, 4.69) is 10.2 Å². The number of hydrogen-bond acceptors (Lipinski definition) is 7. The summed E-state index contributed by atoms with van der Waals surface area (Å²) in [5, 5.41) is 8.28. The Kier molecular flexibility index (Phi) is 7.42. The van der Waals surface area contributed by atoms with Crippen LogP contribution in [-0.2, 0) is 9.59 Å². The molecule has 0 saturated carbocycles. The molecular formula is C16H24N4O2S3. The largest absolute Gasteiger partial charge is 0.342 e. The monoisotopic (exact) mass is 400 g/mol. The standard InChI is InChI=1S/C16H24N4O2S3/c21-13(19-7-3-1-4-8-19)11-23-15-17-18-16(25-15)24-12-14(22)20-9-5-2-6-10-20/h1-12H2. The van der Waals surface area contributed by atoms with Crippen LogP contribution in [0, 0.1) is 0 Å². The SMILES string of the molecule is O=C(CSc1nnc(SCC(=O)N2CCCCC2)s1)N1CCCCC1. The zero-order valence-corrected chi connectivity index (χ0v) is 16.8. The van der Waals surface area contributed by atoms with Gasteiger partial charge in [-0.05, 0) is 38.5 Å². The molecule has 2 aliphatic rings. The Morgan fingerprint density at radius 1 is 0.760 bits per heavy atom. The molecule has 2 aliphatic heterocycles. The van der Waals surface area contributed by atoms with Crippen LogP contribution in [0.15, 0.2) is 8.68 Å². The summed E-state index contributed by atoms with van der Waals surface area (Å²) < 4.78 is 1.61. The molecule has 138 valence electrons. The second-order valence-corrected chi connectivity index (χ2v) is 9.72. The van der Waals surface area contributed by atoms with Gasteiger partial charge in [0, 0.05) is 26.2 Å². The number of thioether (sulfide) groups is 2. The van der Waals surface area contributed by atoms with Crippen molar-refractivity contribution in [3.63, 3.8) is 0 Å². The lowest BCUT2D eigenvalue weighted by molar-refractivity contribution is -0.130. The second-order valence-electron chi connectivity index (χ2n) is 6.29. The van der Waals surface area contributed by atoms with Crippen LogP contribution in [0.4, 0.5) is 0 Å². The first-order chi connectivity index (χ1) is 12.2. The highest BCUT2D eigenvalue weighted by Gasteiger charge is 2.19. The van der Waals surface area contributed by atoms with Gasteiger partial charge in [0.25, 0.3) is 0 Å². The Balaban J connectivity index is 1.39. The topological polar surface area (TPSA) is 66.4 Å². The molecule has 3 heterocycles. The summed E-state index contributed by atoms with van der Waals surface area (Å²) in [7, 11) is 0. The van der Waals surface area contributed by atoms with Crippen LogP contribution in [0.25, 0.3) is 0 Å². The van der Waals surface area contributed by atoms with Gasteiger partial charge in [-0.2, -0.15) is 0 Å². The number of piperidine rings is 2. The summed E-state index contributed by atoms with van der Waals surface area (Å²) >= 11 is 4.37. The number of carbonyl (C=O) groups excluding carboxylic acids is 2. The maximum Gasteiger partial charge on any atom is 0.233 e. The fraction of sp³-hybridized carbons (Fsp3) is 0.750. The summed E-state index contributed by atoms with van der Waals surface area (Å²) in [4.78, 5) is 28.2. The van der Waals surface area contributed by atoms with Crippen LogP contribution in [0.3, 0.4) is 0 Å². The Morgan fingerprint density at radius 2 is 1.16 bits per heavy atom. The van der Waals surface area contributed by atoms with E-state index in [0.717, 1.165) is 60.5 Å². The van der Waals surface area contributed by atoms with Crippen molar-refractivity contribution >= 4 is 46.7 Å². The van der Waals surface area contributed by atoms with E-state index >= 15 is 0 Å². The quantitative estimate of drug-likeness (QED) is 0.684. The third-order valence-electron chi connectivity index (χ3n) is 4.44. The lowest BCUT2D eigenvalue weighted by atomic mass is 10.1. The molecule has 2 amide bonds. The van der Waals surface area contributed by atoms with Crippen molar-refractivity contribution in [1.29, 1.82) is 0 Å². The van der Waals surface area contributed by atoms with E-state index in [1.54, 1.807) is 0 Å². The Labute approximate surface area is 161 Å². The van der Waals surface area contributed by atoms with Crippen molar-refractivity contribution in [2.75, 3.05) is 37.7 Å². The van der Waals surface area contributed by atoms with Crippen LogP contribution in [0.5, 0.6) is 0 Å². The van der Waals surface area contributed by atoms with E-state index in [-0.39, 0.29) is 11.8 Å². The van der Waals surface area contributed by atoms with Gasteiger partial charge in [-0.15, -0.1) is 10.2 Å². The van der Waals surface area contributed by atoms with Gasteiger partial charge in [-0.25, -0.2) is 0 Å². The molecule has 0 N–H and O–H groups in total. The molecule has 0 unspecified atom stereocenters. The van der Waals surface area contributed by atoms with Gasteiger partial charge < -0.3 is 9.80 Å². The number of aromatic nitrogens is 2. The van der Waals surface area contributed by atoms with Crippen molar-refractivity contribution in [1.82, 2.24) is 20.0 Å². The molecule has 0 radical (unpaired) electrons. The van der Waals surface area contributed by atoms with E-state index in [0.29, 0.717) is 11.5 Å².